The first-order chi connectivity index (χ1) is 15.1. The van der Waals surface area contributed by atoms with E-state index < -0.39 is 0 Å². The fraction of sp³-hybridized carbons (Fsp3) is 0.240. The van der Waals surface area contributed by atoms with Gasteiger partial charge in [-0.2, -0.15) is 0 Å². The van der Waals surface area contributed by atoms with Crippen molar-refractivity contribution in [2.45, 2.75) is 20.0 Å². The lowest BCUT2D eigenvalue weighted by molar-refractivity contribution is 0.405. The first-order valence-electron chi connectivity index (χ1n) is 10.1. The minimum absolute atomic E-state index is 0.742. The smallest absolute Gasteiger partial charge is 0.165 e. The number of aliphatic imine (C=N–C) groups is 1. The molecule has 0 N–H and O–H groups in total. The number of nitrogens with zero attached hydrogens (tertiary/aromatic N) is 2. The van der Waals surface area contributed by atoms with Gasteiger partial charge in [-0.05, 0) is 69.2 Å². The summed E-state index contributed by atoms with van der Waals surface area (Å²) in [7, 11) is 3.37. The second-order valence-electron chi connectivity index (χ2n) is 6.83. The standard InChI is InChI=1S/C25H27BrN2O2S/c1-4-31-25(27-24-8-6-5-7-23(24)26)28(17-19-9-13-21(29-2)14-10-19)18-20-11-15-22(30-3)16-12-20/h5-16H,4,17-18H2,1-3H3. The molecule has 0 aliphatic heterocycles. The summed E-state index contributed by atoms with van der Waals surface area (Å²) in [5.74, 6) is 2.65. The number of para-hydroxylation sites is 1. The molecule has 0 spiro atoms. The Labute approximate surface area is 197 Å². The van der Waals surface area contributed by atoms with Crippen molar-refractivity contribution in [3.63, 3.8) is 0 Å². The van der Waals surface area contributed by atoms with Gasteiger partial charge in [-0.3, -0.25) is 0 Å². The van der Waals surface area contributed by atoms with Gasteiger partial charge < -0.3 is 14.4 Å². The Hall–Kier alpha value is -2.44. The molecular weight excluding hydrogens is 472 g/mol. The number of methoxy groups -OCH3 is 2. The summed E-state index contributed by atoms with van der Waals surface area (Å²) >= 11 is 5.38. The molecule has 3 rings (SSSR count). The highest BCUT2D eigenvalue weighted by Crippen LogP contribution is 2.28. The number of thioether (sulfide) groups is 1. The van der Waals surface area contributed by atoms with Crippen LogP contribution in [0.2, 0.25) is 0 Å². The molecule has 0 amide bonds. The molecule has 6 heteroatoms. The Morgan fingerprint density at radius 3 is 1.81 bits per heavy atom. The van der Waals surface area contributed by atoms with Gasteiger partial charge in [-0.25, -0.2) is 4.99 Å². The molecule has 0 aromatic heterocycles. The summed E-state index contributed by atoms with van der Waals surface area (Å²) in [4.78, 5) is 7.33. The fourth-order valence-corrected chi connectivity index (χ4v) is 4.17. The third kappa shape index (κ3) is 6.77. The van der Waals surface area contributed by atoms with E-state index in [9.17, 15) is 0 Å². The molecule has 0 atom stereocenters. The van der Waals surface area contributed by atoms with E-state index in [-0.39, 0.29) is 0 Å². The molecule has 0 saturated heterocycles. The van der Waals surface area contributed by atoms with Crippen molar-refractivity contribution in [3.8, 4) is 11.5 Å². The molecule has 0 bridgehead atoms. The quantitative estimate of drug-likeness (QED) is 0.249. The van der Waals surface area contributed by atoms with E-state index in [1.54, 1.807) is 26.0 Å². The van der Waals surface area contributed by atoms with Crippen LogP contribution in [0.15, 0.2) is 82.3 Å². The summed E-state index contributed by atoms with van der Waals surface area (Å²) in [6, 6.07) is 24.5. The van der Waals surface area contributed by atoms with Gasteiger partial charge in [0.15, 0.2) is 5.17 Å². The second-order valence-corrected chi connectivity index (χ2v) is 8.92. The highest BCUT2D eigenvalue weighted by atomic mass is 79.9. The van der Waals surface area contributed by atoms with Gasteiger partial charge in [-0.15, -0.1) is 0 Å². The molecule has 0 heterocycles. The van der Waals surface area contributed by atoms with Crippen LogP contribution < -0.4 is 9.47 Å². The number of amidine groups is 1. The molecular formula is C25H27BrN2O2S. The number of hydrogen-bond acceptors (Lipinski definition) is 4. The Morgan fingerprint density at radius 2 is 1.35 bits per heavy atom. The van der Waals surface area contributed by atoms with Crippen LogP contribution in [0.25, 0.3) is 0 Å². The van der Waals surface area contributed by atoms with Crippen molar-refractivity contribution < 1.29 is 9.47 Å². The van der Waals surface area contributed by atoms with Gasteiger partial charge in [0, 0.05) is 17.6 Å². The number of hydrogen-bond donors (Lipinski definition) is 0. The van der Waals surface area contributed by atoms with E-state index in [0.717, 1.165) is 45.7 Å². The van der Waals surface area contributed by atoms with Crippen LogP contribution in [0.5, 0.6) is 11.5 Å². The average Bonchev–Trinajstić information content (AvgIpc) is 2.80. The molecule has 31 heavy (non-hydrogen) atoms. The van der Waals surface area contributed by atoms with Crippen LogP contribution in [0, 0.1) is 0 Å². The second kappa shape index (κ2) is 11.8. The topological polar surface area (TPSA) is 34.1 Å². The van der Waals surface area contributed by atoms with E-state index in [4.69, 9.17) is 14.5 Å². The summed E-state index contributed by atoms with van der Waals surface area (Å²) in [5.41, 5.74) is 3.32. The molecule has 0 saturated carbocycles. The fourth-order valence-electron chi connectivity index (χ4n) is 3.06. The minimum Gasteiger partial charge on any atom is -0.497 e. The number of rotatable bonds is 8. The van der Waals surface area contributed by atoms with Gasteiger partial charge >= 0.3 is 0 Å². The molecule has 0 fully saturated rings. The summed E-state index contributed by atoms with van der Waals surface area (Å²) in [5, 5.41) is 0.987. The van der Waals surface area contributed by atoms with E-state index in [1.807, 2.05) is 48.5 Å². The molecule has 4 nitrogen and oxygen atoms in total. The van der Waals surface area contributed by atoms with E-state index in [2.05, 4.69) is 52.0 Å². The van der Waals surface area contributed by atoms with Gasteiger partial charge in [-0.1, -0.05) is 55.1 Å². The third-order valence-electron chi connectivity index (χ3n) is 4.68. The highest BCUT2D eigenvalue weighted by molar-refractivity contribution is 9.10. The molecule has 162 valence electrons. The monoisotopic (exact) mass is 498 g/mol. The lowest BCUT2D eigenvalue weighted by Gasteiger charge is -2.26. The van der Waals surface area contributed by atoms with Gasteiger partial charge in [0.25, 0.3) is 0 Å². The minimum atomic E-state index is 0.742. The molecule has 3 aromatic rings. The Bertz CT molecular complexity index is 942. The maximum absolute atomic E-state index is 5.31. The van der Waals surface area contributed by atoms with Crippen molar-refractivity contribution in [1.29, 1.82) is 0 Å². The van der Waals surface area contributed by atoms with Crippen molar-refractivity contribution in [1.82, 2.24) is 4.90 Å². The number of benzene rings is 3. The molecule has 0 aliphatic carbocycles. The Kier molecular flexibility index (Phi) is 8.85. The van der Waals surface area contributed by atoms with Crippen LogP contribution in [0.1, 0.15) is 18.1 Å². The van der Waals surface area contributed by atoms with Gasteiger partial charge in [0.1, 0.15) is 11.5 Å². The summed E-state index contributed by atoms with van der Waals surface area (Å²) in [6.07, 6.45) is 0. The first-order valence-corrected chi connectivity index (χ1v) is 11.9. The number of halogens is 1. The highest BCUT2D eigenvalue weighted by Gasteiger charge is 2.15. The first kappa shape index (κ1) is 23.2. The zero-order valence-electron chi connectivity index (χ0n) is 18.0. The lowest BCUT2D eigenvalue weighted by atomic mass is 10.1. The van der Waals surface area contributed by atoms with Gasteiger partial charge in [0.2, 0.25) is 0 Å². The zero-order chi connectivity index (χ0) is 22.1. The third-order valence-corrected chi connectivity index (χ3v) is 6.24. The van der Waals surface area contributed by atoms with Crippen molar-refractivity contribution in [3.05, 3.63) is 88.4 Å². The average molecular weight is 499 g/mol. The summed E-state index contributed by atoms with van der Waals surface area (Å²) < 4.78 is 11.6. The van der Waals surface area contributed by atoms with Gasteiger partial charge in [0.05, 0.1) is 19.9 Å². The maximum atomic E-state index is 5.31. The maximum Gasteiger partial charge on any atom is 0.165 e. The normalized spacial score (nSPS) is 11.3. The van der Waals surface area contributed by atoms with Crippen molar-refractivity contribution in [2.24, 2.45) is 4.99 Å². The largest absolute Gasteiger partial charge is 0.497 e. The zero-order valence-corrected chi connectivity index (χ0v) is 20.4. The van der Waals surface area contributed by atoms with E-state index in [0.29, 0.717) is 0 Å². The predicted octanol–water partition coefficient (Wildman–Crippen LogP) is 6.91. The number of ether oxygens (including phenoxy) is 2. The Balaban J connectivity index is 1.94. The van der Waals surface area contributed by atoms with E-state index >= 15 is 0 Å². The SMILES string of the molecule is CCSC(=Nc1ccccc1Br)N(Cc1ccc(OC)cc1)Cc1ccc(OC)cc1. The van der Waals surface area contributed by atoms with Crippen LogP contribution >= 0.6 is 27.7 Å². The van der Waals surface area contributed by atoms with Crippen LogP contribution in [0.3, 0.4) is 0 Å². The van der Waals surface area contributed by atoms with Crippen LogP contribution in [-0.4, -0.2) is 30.0 Å². The molecule has 0 radical (unpaired) electrons. The van der Waals surface area contributed by atoms with Crippen LogP contribution in [-0.2, 0) is 13.1 Å². The summed E-state index contributed by atoms with van der Waals surface area (Å²) in [6.45, 7) is 3.64. The predicted molar refractivity (Wildman–Crippen MR) is 135 cm³/mol. The molecule has 0 aliphatic rings. The lowest BCUT2D eigenvalue weighted by Crippen LogP contribution is -2.28. The van der Waals surface area contributed by atoms with Crippen molar-refractivity contribution >= 4 is 38.5 Å². The molecule has 0 unspecified atom stereocenters. The van der Waals surface area contributed by atoms with E-state index in [1.165, 1.54) is 11.1 Å². The van der Waals surface area contributed by atoms with Crippen LogP contribution in [0.4, 0.5) is 5.69 Å². The Morgan fingerprint density at radius 1 is 0.839 bits per heavy atom. The van der Waals surface area contributed by atoms with Crippen molar-refractivity contribution in [2.75, 3.05) is 20.0 Å². The molecule has 3 aromatic carbocycles.